The summed E-state index contributed by atoms with van der Waals surface area (Å²) in [5.74, 6) is 0. The Balaban J connectivity index is 0.0000000907. The summed E-state index contributed by atoms with van der Waals surface area (Å²) in [5.41, 5.74) is 0. The molecule has 8 heavy (non-hydrogen) atoms. The molecular formula is C6H13NO. The minimum atomic E-state index is 1.00. The van der Waals surface area contributed by atoms with Crippen LogP contribution >= 0.6 is 0 Å². The number of rotatable bonds is 1. The normalized spacial score (nSPS) is 23.6. The highest BCUT2D eigenvalue weighted by Crippen LogP contribution is 1.98. The van der Waals surface area contributed by atoms with Crippen LogP contribution in [0.5, 0.6) is 0 Å². The fourth-order valence-corrected chi connectivity index (χ4v) is 0.387. The Bertz CT molecular complexity index is 56.8. The molecule has 2 fully saturated rings. The van der Waals surface area contributed by atoms with Crippen LogP contribution in [0.25, 0.3) is 0 Å². The summed E-state index contributed by atoms with van der Waals surface area (Å²) in [4.78, 5) is 2.38. The molecule has 0 aromatic rings. The van der Waals surface area contributed by atoms with Crippen molar-refractivity contribution in [2.75, 3.05) is 32.8 Å². The topological polar surface area (TPSA) is 15.5 Å². The SMILES string of the molecule is C1CO1.CCN1CC1. The van der Waals surface area contributed by atoms with Gasteiger partial charge in [0.25, 0.3) is 0 Å². The van der Waals surface area contributed by atoms with E-state index in [4.69, 9.17) is 0 Å². The van der Waals surface area contributed by atoms with Gasteiger partial charge in [-0.1, -0.05) is 6.92 Å². The molecule has 0 atom stereocenters. The van der Waals surface area contributed by atoms with Crippen LogP contribution in [0.3, 0.4) is 0 Å². The first-order chi connectivity index (χ1) is 3.93. The summed E-state index contributed by atoms with van der Waals surface area (Å²) >= 11 is 0. The maximum atomic E-state index is 4.50. The number of epoxide rings is 1. The maximum absolute atomic E-state index is 4.50. The molecule has 0 unspecified atom stereocenters. The van der Waals surface area contributed by atoms with E-state index in [1.165, 1.54) is 19.6 Å². The van der Waals surface area contributed by atoms with Crippen LogP contribution in [0.15, 0.2) is 0 Å². The summed E-state index contributed by atoms with van der Waals surface area (Å²) in [7, 11) is 0. The van der Waals surface area contributed by atoms with Gasteiger partial charge in [0, 0.05) is 13.1 Å². The second-order valence-electron chi connectivity index (χ2n) is 2.05. The highest BCUT2D eigenvalue weighted by Gasteiger charge is 2.12. The van der Waals surface area contributed by atoms with Crippen molar-refractivity contribution in [3.05, 3.63) is 0 Å². The van der Waals surface area contributed by atoms with Crippen molar-refractivity contribution in [3.8, 4) is 0 Å². The number of hydrogen-bond donors (Lipinski definition) is 0. The molecule has 2 aliphatic heterocycles. The van der Waals surface area contributed by atoms with Gasteiger partial charge >= 0.3 is 0 Å². The lowest BCUT2D eigenvalue weighted by Crippen LogP contribution is -1.89. The number of ether oxygens (including phenoxy) is 1. The lowest BCUT2D eigenvalue weighted by Gasteiger charge is -1.81. The van der Waals surface area contributed by atoms with Crippen LogP contribution < -0.4 is 0 Å². The van der Waals surface area contributed by atoms with E-state index in [1.54, 1.807) is 0 Å². The van der Waals surface area contributed by atoms with E-state index in [0.29, 0.717) is 0 Å². The molecule has 0 N–H and O–H groups in total. The molecule has 0 aromatic heterocycles. The van der Waals surface area contributed by atoms with Crippen LogP contribution in [0, 0.1) is 0 Å². The molecule has 2 heterocycles. The van der Waals surface area contributed by atoms with Crippen LogP contribution in [0.2, 0.25) is 0 Å². The van der Waals surface area contributed by atoms with Gasteiger partial charge in [-0.25, -0.2) is 0 Å². The van der Waals surface area contributed by atoms with Crippen LogP contribution in [-0.2, 0) is 4.74 Å². The van der Waals surface area contributed by atoms with Gasteiger partial charge in [-0.05, 0) is 6.54 Å². The molecule has 0 aliphatic carbocycles. The Morgan fingerprint density at radius 1 is 1.38 bits per heavy atom. The third kappa shape index (κ3) is 4.09. The molecule has 2 saturated heterocycles. The van der Waals surface area contributed by atoms with Crippen molar-refractivity contribution in [2.24, 2.45) is 0 Å². The second-order valence-corrected chi connectivity index (χ2v) is 2.05. The predicted octanol–water partition coefficient (Wildman–Crippen LogP) is 0.339. The Morgan fingerprint density at radius 3 is 1.88 bits per heavy atom. The summed E-state index contributed by atoms with van der Waals surface area (Å²) in [6.07, 6.45) is 0. The van der Waals surface area contributed by atoms with Crippen molar-refractivity contribution < 1.29 is 4.74 Å². The third-order valence-electron chi connectivity index (χ3n) is 1.19. The van der Waals surface area contributed by atoms with Crippen molar-refractivity contribution in [3.63, 3.8) is 0 Å². The predicted molar refractivity (Wildman–Crippen MR) is 32.9 cm³/mol. The number of likely N-dealkylation sites (N-methyl/N-ethyl adjacent to an activating group) is 1. The zero-order valence-electron chi connectivity index (χ0n) is 5.39. The molecule has 2 rings (SSSR count). The molecule has 0 aromatic carbocycles. The van der Waals surface area contributed by atoms with E-state index in [9.17, 15) is 0 Å². The van der Waals surface area contributed by atoms with Gasteiger partial charge < -0.3 is 9.64 Å². The Labute approximate surface area is 50.4 Å². The zero-order chi connectivity index (χ0) is 5.82. The summed E-state index contributed by atoms with van der Waals surface area (Å²) in [6.45, 7) is 8.12. The Kier molecular flexibility index (Phi) is 2.30. The zero-order valence-corrected chi connectivity index (χ0v) is 5.39. The van der Waals surface area contributed by atoms with Crippen molar-refractivity contribution in [1.82, 2.24) is 4.90 Å². The van der Waals surface area contributed by atoms with Crippen molar-refractivity contribution >= 4 is 0 Å². The van der Waals surface area contributed by atoms with Crippen LogP contribution in [0.4, 0.5) is 0 Å². The fraction of sp³-hybridized carbons (Fsp3) is 1.00. The lowest BCUT2D eigenvalue weighted by molar-refractivity contribution is 0.475. The van der Waals surface area contributed by atoms with Gasteiger partial charge in [0.05, 0.1) is 13.2 Å². The monoisotopic (exact) mass is 115 g/mol. The van der Waals surface area contributed by atoms with Gasteiger partial charge in [-0.2, -0.15) is 0 Å². The van der Waals surface area contributed by atoms with Gasteiger partial charge in [-0.15, -0.1) is 0 Å². The molecule has 0 amide bonds. The third-order valence-corrected chi connectivity index (χ3v) is 1.19. The smallest absolute Gasteiger partial charge is 0.0701 e. The first-order valence-corrected chi connectivity index (χ1v) is 3.23. The van der Waals surface area contributed by atoms with E-state index in [-0.39, 0.29) is 0 Å². The van der Waals surface area contributed by atoms with Gasteiger partial charge in [0.15, 0.2) is 0 Å². The quantitative estimate of drug-likeness (QED) is 0.458. The van der Waals surface area contributed by atoms with E-state index >= 15 is 0 Å². The molecule has 0 bridgehead atoms. The fourth-order valence-electron chi connectivity index (χ4n) is 0.387. The summed E-state index contributed by atoms with van der Waals surface area (Å²) in [6, 6.07) is 0. The molecule has 48 valence electrons. The molecule has 2 nitrogen and oxygen atoms in total. The Morgan fingerprint density at radius 2 is 1.88 bits per heavy atom. The van der Waals surface area contributed by atoms with Gasteiger partial charge in [0.1, 0.15) is 0 Å². The van der Waals surface area contributed by atoms with Crippen molar-refractivity contribution in [2.45, 2.75) is 6.92 Å². The highest BCUT2D eigenvalue weighted by molar-refractivity contribution is 4.68. The lowest BCUT2D eigenvalue weighted by atomic mass is 10.8. The minimum absolute atomic E-state index is 1.00. The van der Waals surface area contributed by atoms with Crippen LogP contribution in [-0.4, -0.2) is 37.7 Å². The molecular weight excluding hydrogens is 102 g/mol. The molecule has 0 radical (unpaired) electrons. The maximum Gasteiger partial charge on any atom is 0.0701 e. The average Bonchev–Trinajstić information content (AvgIpc) is 2.65. The van der Waals surface area contributed by atoms with E-state index in [2.05, 4.69) is 16.6 Å². The molecule has 0 spiro atoms. The Hall–Kier alpha value is -0.0800. The minimum Gasteiger partial charge on any atom is -0.377 e. The van der Waals surface area contributed by atoms with Gasteiger partial charge in [-0.3, -0.25) is 0 Å². The first-order valence-electron chi connectivity index (χ1n) is 3.23. The average molecular weight is 115 g/mol. The van der Waals surface area contributed by atoms with E-state index in [0.717, 1.165) is 13.2 Å². The molecule has 0 saturated carbocycles. The number of hydrogen-bond acceptors (Lipinski definition) is 2. The van der Waals surface area contributed by atoms with Crippen molar-refractivity contribution in [1.29, 1.82) is 0 Å². The number of nitrogens with zero attached hydrogens (tertiary/aromatic N) is 1. The largest absolute Gasteiger partial charge is 0.377 e. The molecule has 2 heteroatoms. The van der Waals surface area contributed by atoms with E-state index < -0.39 is 0 Å². The molecule has 2 aliphatic rings. The highest BCUT2D eigenvalue weighted by atomic mass is 16.6. The standard InChI is InChI=1S/C4H9N.C2H4O/c1-2-5-3-4-5;1-2-3-1/h2-4H2,1H3;1-2H2. The van der Waals surface area contributed by atoms with E-state index in [1.807, 2.05) is 0 Å². The van der Waals surface area contributed by atoms with Gasteiger partial charge in [0.2, 0.25) is 0 Å². The summed E-state index contributed by atoms with van der Waals surface area (Å²) < 4.78 is 4.50. The summed E-state index contributed by atoms with van der Waals surface area (Å²) in [5, 5.41) is 0. The van der Waals surface area contributed by atoms with Crippen LogP contribution in [0.1, 0.15) is 6.92 Å². The first kappa shape index (κ1) is 6.05. The second kappa shape index (κ2) is 3.05.